The molecule has 0 heterocycles. The number of nitrogens with one attached hydrogen (secondary N) is 1. The van der Waals surface area contributed by atoms with Crippen molar-refractivity contribution >= 4 is 5.84 Å². The molecule has 0 saturated heterocycles. The summed E-state index contributed by atoms with van der Waals surface area (Å²) in [4.78, 5) is 0. The Hall–Kier alpha value is -1.51. The van der Waals surface area contributed by atoms with Gasteiger partial charge in [-0.1, -0.05) is 13.0 Å². The van der Waals surface area contributed by atoms with E-state index in [1.54, 1.807) is 0 Å². The van der Waals surface area contributed by atoms with E-state index in [9.17, 15) is 0 Å². The van der Waals surface area contributed by atoms with Gasteiger partial charge in [0.05, 0.1) is 12.4 Å². The number of hydrogen-bond donors (Lipinski definition) is 2. The lowest BCUT2D eigenvalue weighted by molar-refractivity contribution is 0.291. The quantitative estimate of drug-likeness (QED) is 0.600. The van der Waals surface area contributed by atoms with Crippen molar-refractivity contribution in [3.8, 4) is 5.75 Å². The van der Waals surface area contributed by atoms with Gasteiger partial charge in [0.25, 0.3) is 0 Å². The second-order valence-corrected chi connectivity index (χ2v) is 4.45. The van der Waals surface area contributed by atoms with Crippen molar-refractivity contribution in [2.75, 3.05) is 6.61 Å². The molecule has 3 nitrogen and oxygen atoms in total. The summed E-state index contributed by atoms with van der Waals surface area (Å²) in [6.07, 6.45) is 3.61. The van der Waals surface area contributed by atoms with Crippen molar-refractivity contribution in [2.24, 2.45) is 11.7 Å². The Balaban J connectivity index is 1.98. The summed E-state index contributed by atoms with van der Waals surface area (Å²) in [7, 11) is 0. The summed E-state index contributed by atoms with van der Waals surface area (Å²) >= 11 is 0. The van der Waals surface area contributed by atoms with Crippen LogP contribution >= 0.6 is 0 Å². The van der Waals surface area contributed by atoms with E-state index in [2.05, 4.69) is 12.1 Å². The SMILES string of the molecule is CC(COc1ccc2c(c1)CCC2)C(=N)N. The van der Waals surface area contributed by atoms with Gasteiger partial charge in [0.2, 0.25) is 0 Å². The molecule has 0 spiro atoms. The summed E-state index contributed by atoms with van der Waals surface area (Å²) in [6.45, 7) is 2.38. The van der Waals surface area contributed by atoms with Gasteiger partial charge in [-0.25, -0.2) is 0 Å². The molecule has 2 rings (SSSR count). The van der Waals surface area contributed by atoms with Gasteiger partial charge < -0.3 is 10.5 Å². The van der Waals surface area contributed by atoms with Crippen LogP contribution in [0.4, 0.5) is 0 Å². The van der Waals surface area contributed by atoms with Crippen LogP contribution in [-0.2, 0) is 12.8 Å². The second-order valence-electron chi connectivity index (χ2n) is 4.45. The van der Waals surface area contributed by atoms with Crippen molar-refractivity contribution in [1.29, 1.82) is 5.41 Å². The van der Waals surface area contributed by atoms with Crippen LogP contribution in [-0.4, -0.2) is 12.4 Å². The monoisotopic (exact) mass is 218 g/mol. The minimum atomic E-state index is -0.0201. The van der Waals surface area contributed by atoms with Gasteiger partial charge in [0.15, 0.2) is 0 Å². The summed E-state index contributed by atoms with van der Waals surface area (Å²) in [5.41, 5.74) is 8.25. The first-order valence-corrected chi connectivity index (χ1v) is 5.75. The van der Waals surface area contributed by atoms with Crippen LogP contribution in [0.25, 0.3) is 0 Å². The van der Waals surface area contributed by atoms with Crippen LogP contribution in [0.3, 0.4) is 0 Å². The zero-order valence-corrected chi connectivity index (χ0v) is 9.62. The maximum Gasteiger partial charge on any atom is 0.119 e. The molecule has 1 aromatic rings. The number of benzene rings is 1. The number of fused-ring (bicyclic) bond motifs is 1. The molecule has 0 fully saturated rings. The van der Waals surface area contributed by atoms with Gasteiger partial charge in [-0.15, -0.1) is 0 Å². The summed E-state index contributed by atoms with van der Waals surface area (Å²) in [6, 6.07) is 6.28. The third-order valence-electron chi connectivity index (χ3n) is 3.10. The molecule has 16 heavy (non-hydrogen) atoms. The number of nitrogens with two attached hydrogens (primary N) is 1. The number of ether oxygens (including phenoxy) is 1. The average molecular weight is 218 g/mol. The molecule has 0 aromatic heterocycles. The number of amidine groups is 1. The Labute approximate surface area is 96.1 Å². The van der Waals surface area contributed by atoms with E-state index in [0.717, 1.165) is 12.2 Å². The second kappa shape index (κ2) is 4.56. The lowest BCUT2D eigenvalue weighted by Crippen LogP contribution is -2.25. The van der Waals surface area contributed by atoms with E-state index < -0.39 is 0 Å². The summed E-state index contributed by atoms with van der Waals surface area (Å²) < 4.78 is 5.63. The minimum Gasteiger partial charge on any atom is -0.493 e. The first-order chi connectivity index (χ1) is 7.66. The first-order valence-electron chi connectivity index (χ1n) is 5.75. The Morgan fingerprint density at radius 2 is 2.19 bits per heavy atom. The van der Waals surface area contributed by atoms with Crippen molar-refractivity contribution < 1.29 is 4.74 Å². The molecule has 1 aliphatic carbocycles. The molecule has 86 valence electrons. The molecule has 3 N–H and O–H groups in total. The van der Waals surface area contributed by atoms with E-state index >= 15 is 0 Å². The summed E-state index contributed by atoms with van der Waals surface area (Å²) in [5, 5.41) is 7.29. The van der Waals surface area contributed by atoms with Crippen LogP contribution in [0.2, 0.25) is 0 Å². The highest BCUT2D eigenvalue weighted by Crippen LogP contribution is 2.26. The van der Waals surface area contributed by atoms with Crippen LogP contribution in [0.15, 0.2) is 18.2 Å². The number of aryl methyl sites for hydroxylation is 2. The van der Waals surface area contributed by atoms with Crippen molar-refractivity contribution in [1.82, 2.24) is 0 Å². The van der Waals surface area contributed by atoms with E-state index in [4.69, 9.17) is 15.9 Å². The zero-order valence-electron chi connectivity index (χ0n) is 9.62. The predicted molar refractivity (Wildman–Crippen MR) is 65.0 cm³/mol. The molecule has 1 unspecified atom stereocenters. The number of hydrogen-bond acceptors (Lipinski definition) is 2. The molecule has 3 heteroatoms. The van der Waals surface area contributed by atoms with Crippen LogP contribution in [0, 0.1) is 11.3 Å². The standard InChI is InChI=1S/C13H18N2O/c1-9(13(14)15)8-16-12-6-5-10-3-2-4-11(10)7-12/h5-7,9H,2-4,8H2,1H3,(H3,14,15). The molecule has 0 aliphatic heterocycles. The Kier molecular flexibility index (Phi) is 3.13. The zero-order chi connectivity index (χ0) is 11.5. The van der Waals surface area contributed by atoms with Gasteiger partial charge in [-0.3, -0.25) is 5.41 Å². The molecule has 1 aromatic carbocycles. The van der Waals surface area contributed by atoms with Gasteiger partial charge in [-0.2, -0.15) is 0 Å². The van der Waals surface area contributed by atoms with Gasteiger partial charge >= 0.3 is 0 Å². The first kappa shape index (κ1) is 11.0. The van der Waals surface area contributed by atoms with Crippen molar-refractivity contribution in [2.45, 2.75) is 26.2 Å². The number of rotatable bonds is 4. The highest BCUT2D eigenvalue weighted by Gasteiger charge is 2.12. The van der Waals surface area contributed by atoms with Crippen molar-refractivity contribution in [3.63, 3.8) is 0 Å². The third kappa shape index (κ3) is 2.35. The van der Waals surface area contributed by atoms with E-state index in [1.165, 1.54) is 24.0 Å². The van der Waals surface area contributed by atoms with E-state index in [-0.39, 0.29) is 11.8 Å². The van der Waals surface area contributed by atoms with Gasteiger partial charge in [0.1, 0.15) is 5.75 Å². The molecule has 1 aliphatic rings. The molecule has 1 atom stereocenters. The Bertz CT molecular complexity index is 401. The fourth-order valence-electron chi connectivity index (χ4n) is 1.95. The topological polar surface area (TPSA) is 59.1 Å². The lowest BCUT2D eigenvalue weighted by atomic mass is 10.1. The fraction of sp³-hybridized carbons (Fsp3) is 0.462. The maximum absolute atomic E-state index is 7.29. The lowest BCUT2D eigenvalue weighted by Gasteiger charge is -2.12. The largest absolute Gasteiger partial charge is 0.493 e. The van der Waals surface area contributed by atoms with Gasteiger partial charge in [-0.05, 0) is 42.5 Å². The normalized spacial score (nSPS) is 15.6. The Morgan fingerprint density at radius 1 is 1.44 bits per heavy atom. The Morgan fingerprint density at radius 3 is 2.94 bits per heavy atom. The summed E-state index contributed by atoms with van der Waals surface area (Å²) in [5.74, 6) is 1.06. The predicted octanol–water partition coefficient (Wildman–Crippen LogP) is 2.13. The molecule has 0 saturated carbocycles. The van der Waals surface area contributed by atoms with Crippen molar-refractivity contribution in [3.05, 3.63) is 29.3 Å². The highest BCUT2D eigenvalue weighted by molar-refractivity contribution is 5.79. The van der Waals surface area contributed by atoms with E-state index in [1.807, 2.05) is 13.0 Å². The molecular formula is C13H18N2O. The molecule has 0 bridgehead atoms. The van der Waals surface area contributed by atoms with Crippen LogP contribution < -0.4 is 10.5 Å². The molecule has 0 amide bonds. The van der Waals surface area contributed by atoms with Crippen LogP contribution in [0.5, 0.6) is 5.75 Å². The minimum absolute atomic E-state index is 0.0201. The maximum atomic E-state index is 7.29. The molecule has 0 radical (unpaired) electrons. The van der Waals surface area contributed by atoms with E-state index in [0.29, 0.717) is 6.61 Å². The average Bonchev–Trinajstić information content (AvgIpc) is 2.72. The van der Waals surface area contributed by atoms with Crippen LogP contribution in [0.1, 0.15) is 24.5 Å². The van der Waals surface area contributed by atoms with Gasteiger partial charge in [0, 0.05) is 5.92 Å². The smallest absolute Gasteiger partial charge is 0.119 e. The highest BCUT2D eigenvalue weighted by atomic mass is 16.5. The fourth-order valence-corrected chi connectivity index (χ4v) is 1.95. The molecular weight excluding hydrogens is 200 g/mol. The third-order valence-corrected chi connectivity index (χ3v) is 3.10.